The Labute approximate surface area is 205 Å². The Morgan fingerprint density at radius 1 is 1.03 bits per heavy atom. The summed E-state index contributed by atoms with van der Waals surface area (Å²) in [4.78, 5) is 24.9. The third-order valence-corrected chi connectivity index (χ3v) is 7.33. The first-order chi connectivity index (χ1) is 16.6. The third-order valence-electron chi connectivity index (χ3n) is 5.14. The first-order valence-corrected chi connectivity index (χ1v) is 12.5. The second-order valence-electron chi connectivity index (χ2n) is 7.39. The number of anilines is 1. The molecule has 0 aliphatic carbocycles. The number of thioether (sulfide) groups is 1. The van der Waals surface area contributed by atoms with E-state index in [1.165, 1.54) is 23.5 Å². The van der Waals surface area contributed by atoms with Crippen LogP contribution in [0.1, 0.15) is 18.4 Å². The zero-order valence-corrected chi connectivity index (χ0v) is 20.5. The van der Waals surface area contributed by atoms with Gasteiger partial charge in [-0.05, 0) is 66.3 Å². The molecule has 0 atom stereocenters. The summed E-state index contributed by atoms with van der Waals surface area (Å²) in [5.74, 6) is 1.79. The van der Waals surface area contributed by atoms with Crippen LogP contribution in [0.15, 0.2) is 65.8 Å². The Morgan fingerprint density at radius 2 is 1.74 bits per heavy atom. The first kappa shape index (κ1) is 24.0. The monoisotopic (exact) mass is 497 g/mol. The molecule has 0 saturated heterocycles. The van der Waals surface area contributed by atoms with E-state index in [1.807, 2.05) is 24.3 Å². The maximum atomic E-state index is 13.3. The molecule has 0 bridgehead atoms. The number of fused-ring (bicyclic) bond motifs is 1. The van der Waals surface area contributed by atoms with Gasteiger partial charge in [0.1, 0.15) is 27.5 Å². The molecule has 4 aromatic rings. The van der Waals surface area contributed by atoms with Crippen molar-refractivity contribution in [2.45, 2.75) is 24.3 Å². The summed E-state index contributed by atoms with van der Waals surface area (Å²) in [6.45, 7) is 0.386. The van der Waals surface area contributed by atoms with E-state index in [-0.39, 0.29) is 11.7 Å². The van der Waals surface area contributed by atoms with Gasteiger partial charge in [0.2, 0.25) is 5.91 Å². The van der Waals surface area contributed by atoms with Crippen LogP contribution in [0.5, 0.6) is 11.5 Å². The zero-order valence-electron chi connectivity index (χ0n) is 18.9. The zero-order chi connectivity index (χ0) is 23.9. The van der Waals surface area contributed by atoms with Crippen LogP contribution in [-0.2, 0) is 11.3 Å². The predicted octanol–water partition coefficient (Wildman–Crippen LogP) is 5.95. The molecule has 2 heterocycles. The number of ether oxygens (including phenoxy) is 2. The van der Waals surface area contributed by atoms with Crippen molar-refractivity contribution in [2.75, 3.05) is 24.9 Å². The summed E-state index contributed by atoms with van der Waals surface area (Å²) < 4.78 is 24.9. The van der Waals surface area contributed by atoms with Crippen molar-refractivity contribution < 1.29 is 18.7 Å². The lowest BCUT2D eigenvalue weighted by Crippen LogP contribution is -2.30. The Balaban J connectivity index is 1.54. The smallest absolute Gasteiger partial charge is 0.229 e. The van der Waals surface area contributed by atoms with Crippen LogP contribution < -0.4 is 14.4 Å². The van der Waals surface area contributed by atoms with Crippen molar-refractivity contribution >= 4 is 44.4 Å². The molecule has 9 heteroatoms. The van der Waals surface area contributed by atoms with Gasteiger partial charge in [-0.2, -0.15) is 0 Å². The minimum Gasteiger partial charge on any atom is -0.495 e. The van der Waals surface area contributed by atoms with E-state index in [2.05, 4.69) is 4.98 Å². The molecule has 4 rings (SSSR count). The van der Waals surface area contributed by atoms with Crippen molar-refractivity contribution in [1.29, 1.82) is 0 Å². The quantitative estimate of drug-likeness (QED) is 0.199. The van der Waals surface area contributed by atoms with Gasteiger partial charge < -0.3 is 9.47 Å². The molecule has 0 aliphatic heterocycles. The normalized spacial score (nSPS) is 10.9. The molecule has 34 heavy (non-hydrogen) atoms. The summed E-state index contributed by atoms with van der Waals surface area (Å²) in [7, 11) is 3.21. The van der Waals surface area contributed by atoms with Gasteiger partial charge in [0.05, 0.1) is 20.8 Å². The lowest BCUT2D eigenvalue weighted by Gasteiger charge is -2.20. The number of methoxy groups -OCH3 is 2. The van der Waals surface area contributed by atoms with Gasteiger partial charge in [-0.25, -0.2) is 9.37 Å². The maximum Gasteiger partial charge on any atom is 0.229 e. The SMILES string of the molecule is COc1ccc(OC)c2sc(N(Cc3ccncc3)C(=O)CCCSc3ccc(F)cc3)nc12. The fourth-order valence-corrected chi connectivity index (χ4v) is 5.35. The number of nitrogens with zero attached hydrogens (tertiary/aromatic N) is 3. The second kappa shape index (κ2) is 11.3. The van der Waals surface area contributed by atoms with Crippen LogP contribution in [0.4, 0.5) is 9.52 Å². The number of benzene rings is 2. The number of pyridine rings is 1. The number of amides is 1. The van der Waals surface area contributed by atoms with Crippen molar-refractivity contribution in [3.05, 3.63) is 72.3 Å². The number of aromatic nitrogens is 2. The van der Waals surface area contributed by atoms with E-state index in [0.717, 1.165) is 20.9 Å². The van der Waals surface area contributed by atoms with Crippen LogP contribution in [0, 0.1) is 5.82 Å². The average molecular weight is 498 g/mol. The lowest BCUT2D eigenvalue weighted by atomic mass is 10.2. The van der Waals surface area contributed by atoms with E-state index in [9.17, 15) is 9.18 Å². The fraction of sp³-hybridized carbons (Fsp3) is 0.240. The van der Waals surface area contributed by atoms with E-state index in [0.29, 0.717) is 41.5 Å². The van der Waals surface area contributed by atoms with E-state index >= 15 is 0 Å². The summed E-state index contributed by atoms with van der Waals surface area (Å²) >= 11 is 3.01. The van der Waals surface area contributed by atoms with Crippen molar-refractivity contribution in [3.8, 4) is 11.5 Å². The van der Waals surface area contributed by atoms with Crippen LogP contribution in [0.3, 0.4) is 0 Å². The minimum absolute atomic E-state index is 0.0199. The number of carbonyl (C=O) groups is 1. The van der Waals surface area contributed by atoms with Gasteiger partial charge in [-0.1, -0.05) is 11.3 Å². The molecule has 0 radical (unpaired) electrons. The molecule has 176 valence electrons. The van der Waals surface area contributed by atoms with Crippen LogP contribution in [0.25, 0.3) is 10.2 Å². The van der Waals surface area contributed by atoms with Gasteiger partial charge in [-0.3, -0.25) is 14.7 Å². The minimum atomic E-state index is -0.254. The molecule has 0 fully saturated rings. The number of rotatable bonds is 10. The summed E-state index contributed by atoms with van der Waals surface area (Å²) in [6, 6.07) is 13.8. The summed E-state index contributed by atoms with van der Waals surface area (Å²) in [5.41, 5.74) is 1.63. The Kier molecular flexibility index (Phi) is 7.97. The Morgan fingerprint density at radius 3 is 2.44 bits per heavy atom. The van der Waals surface area contributed by atoms with Gasteiger partial charge >= 0.3 is 0 Å². The molecule has 1 amide bonds. The summed E-state index contributed by atoms with van der Waals surface area (Å²) in [6.07, 6.45) is 4.47. The van der Waals surface area contributed by atoms with Gasteiger partial charge in [0.15, 0.2) is 5.13 Å². The number of thiazole rings is 1. The highest BCUT2D eigenvalue weighted by Gasteiger charge is 2.22. The average Bonchev–Trinajstić information content (AvgIpc) is 3.31. The molecule has 0 spiro atoms. The second-order valence-corrected chi connectivity index (χ2v) is 9.53. The molecule has 0 saturated carbocycles. The fourth-order valence-electron chi connectivity index (χ4n) is 3.40. The highest BCUT2D eigenvalue weighted by molar-refractivity contribution is 7.99. The molecular weight excluding hydrogens is 473 g/mol. The molecule has 2 aromatic heterocycles. The largest absolute Gasteiger partial charge is 0.495 e. The van der Waals surface area contributed by atoms with Crippen molar-refractivity contribution in [2.24, 2.45) is 0 Å². The predicted molar refractivity (Wildman–Crippen MR) is 135 cm³/mol. The topological polar surface area (TPSA) is 64.6 Å². The third kappa shape index (κ3) is 5.66. The van der Waals surface area contributed by atoms with Gasteiger partial charge in [0, 0.05) is 23.7 Å². The highest BCUT2D eigenvalue weighted by Crippen LogP contribution is 2.40. The van der Waals surface area contributed by atoms with Crippen LogP contribution in [-0.4, -0.2) is 35.8 Å². The van der Waals surface area contributed by atoms with Gasteiger partial charge in [-0.15, -0.1) is 11.8 Å². The number of carbonyl (C=O) groups excluding carboxylic acids is 1. The van der Waals surface area contributed by atoms with Gasteiger partial charge in [0.25, 0.3) is 0 Å². The maximum absolute atomic E-state index is 13.3. The van der Waals surface area contributed by atoms with Crippen molar-refractivity contribution in [1.82, 2.24) is 9.97 Å². The molecular formula is C25H24FN3O3S2. The number of hydrogen-bond donors (Lipinski definition) is 0. The number of halogens is 1. The first-order valence-electron chi connectivity index (χ1n) is 10.7. The Bertz CT molecular complexity index is 1210. The Hall–Kier alpha value is -3.17. The van der Waals surface area contributed by atoms with Crippen molar-refractivity contribution in [3.63, 3.8) is 0 Å². The molecule has 2 aromatic carbocycles. The van der Waals surface area contributed by atoms with E-state index < -0.39 is 0 Å². The summed E-state index contributed by atoms with van der Waals surface area (Å²) in [5, 5.41) is 0.589. The van der Waals surface area contributed by atoms with Crippen LogP contribution in [0.2, 0.25) is 0 Å². The van der Waals surface area contributed by atoms with E-state index in [4.69, 9.17) is 14.5 Å². The molecule has 6 nitrogen and oxygen atoms in total. The van der Waals surface area contributed by atoms with Crippen LogP contribution >= 0.6 is 23.1 Å². The lowest BCUT2D eigenvalue weighted by molar-refractivity contribution is -0.118. The standard InChI is InChI=1S/C25H24FN3O3S2/c1-31-20-9-10-21(32-2)24-23(20)28-25(34-24)29(16-17-11-13-27-14-12-17)22(30)4-3-15-33-19-7-5-18(26)6-8-19/h5-14H,3-4,15-16H2,1-2H3. The number of hydrogen-bond acceptors (Lipinski definition) is 7. The molecule has 0 unspecified atom stereocenters. The van der Waals surface area contributed by atoms with E-state index in [1.54, 1.807) is 55.4 Å². The molecule has 0 N–H and O–H groups in total. The highest BCUT2D eigenvalue weighted by atomic mass is 32.2. The molecule has 0 aliphatic rings.